The molecule has 0 saturated heterocycles. The van der Waals surface area contributed by atoms with Crippen LogP contribution in [-0.2, 0) is 27.8 Å². The van der Waals surface area contributed by atoms with Gasteiger partial charge in [-0.05, 0) is 35.4 Å². The van der Waals surface area contributed by atoms with E-state index in [0.717, 1.165) is 11.1 Å². The standard InChI is InChI=1S/C20H27FN4O3S.HI/c1-22-20(25(2)15-17-7-4-8-18(21)12-17)23-14-16-6-5-9-19(13-16)29(26,27)24-10-11-28-3;/h4-9,12-13,24H,10-11,14-15H2,1-3H3,(H,22,23);1H. The van der Waals surface area contributed by atoms with Gasteiger partial charge in [0.25, 0.3) is 0 Å². The maximum atomic E-state index is 13.4. The number of guanidine groups is 1. The van der Waals surface area contributed by atoms with Gasteiger partial charge < -0.3 is 15.0 Å². The first-order valence-electron chi connectivity index (χ1n) is 9.09. The molecule has 0 aromatic heterocycles. The first kappa shape index (κ1) is 26.3. The van der Waals surface area contributed by atoms with Crippen molar-refractivity contribution in [2.45, 2.75) is 18.0 Å². The van der Waals surface area contributed by atoms with E-state index in [0.29, 0.717) is 25.7 Å². The van der Waals surface area contributed by atoms with Gasteiger partial charge in [0.1, 0.15) is 5.82 Å². The zero-order valence-electron chi connectivity index (χ0n) is 17.3. The third-order valence-electron chi connectivity index (χ3n) is 4.14. The third-order valence-corrected chi connectivity index (χ3v) is 5.60. The Hall–Kier alpha value is -1.76. The van der Waals surface area contributed by atoms with Crippen LogP contribution in [0.3, 0.4) is 0 Å². The van der Waals surface area contributed by atoms with Crippen LogP contribution >= 0.6 is 24.0 Å². The summed E-state index contributed by atoms with van der Waals surface area (Å²) in [4.78, 5) is 6.29. The van der Waals surface area contributed by atoms with E-state index < -0.39 is 10.0 Å². The lowest BCUT2D eigenvalue weighted by molar-refractivity contribution is 0.204. The van der Waals surface area contributed by atoms with Crippen molar-refractivity contribution in [2.24, 2.45) is 4.99 Å². The molecule has 0 amide bonds. The van der Waals surface area contributed by atoms with Gasteiger partial charge in [-0.25, -0.2) is 17.5 Å². The maximum absolute atomic E-state index is 13.4. The number of sulfonamides is 1. The fraction of sp³-hybridized carbons (Fsp3) is 0.350. The minimum atomic E-state index is -3.59. The van der Waals surface area contributed by atoms with Crippen LogP contribution in [-0.4, -0.2) is 53.6 Å². The minimum Gasteiger partial charge on any atom is -0.383 e. The van der Waals surface area contributed by atoms with Crippen LogP contribution in [0.15, 0.2) is 58.4 Å². The Morgan fingerprint density at radius 1 is 1.17 bits per heavy atom. The first-order valence-corrected chi connectivity index (χ1v) is 10.6. The number of hydrogen-bond acceptors (Lipinski definition) is 4. The highest BCUT2D eigenvalue weighted by molar-refractivity contribution is 14.0. The predicted octanol–water partition coefficient (Wildman–Crippen LogP) is 2.58. The van der Waals surface area contributed by atoms with Gasteiger partial charge in [-0.1, -0.05) is 24.3 Å². The summed E-state index contributed by atoms with van der Waals surface area (Å²) in [6.45, 7) is 1.38. The molecule has 0 saturated carbocycles. The highest BCUT2D eigenvalue weighted by Gasteiger charge is 2.14. The smallest absolute Gasteiger partial charge is 0.240 e. The van der Waals surface area contributed by atoms with E-state index >= 15 is 0 Å². The average molecular weight is 550 g/mol. The number of halogens is 2. The van der Waals surface area contributed by atoms with Crippen molar-refractivity contribution in [1.29, 1.82) is 0 Å². The summed E-state index contributed by atoms with van der Waals surface area (Å²) in [5.41, 5.74) is 1.62. The molecular formula is C20H28FIN4O3S. The van der Waals surface area contributed by atoms with E-state index in [4.69, 9.17) is 4.74 Å². The molecular weight excluding hydrogens is 522 g/mol. The van der Waals surface area contributed by atoms with E-state index in [-0.39, 0.29) is 41.2 Å². The van der Waals surface area contributed by atoms with Crippen LogP contribution < -0.4 is 10.0 Å². The Labute approximate surface area is 194 Å². The van der Waals surface area contributed by atoms with Gasteiger partial charge in [0.15, 0.2) is 5.96 Å². The van der Waals surface area contributed by atoms with E-state index in [1.54, 1.807) is 31.3 Å². The van der Waals surface area contributed by atoms with Gasteiger partial charge in [-0.2, -0.15) is 0 Å². The molecule has 0 aliphatic rings. The Kier molecular flexibility index (Phi) is 11.2. The minimum absolute atomic E-state index is 0. The lowest BCUT2D eigenvalue weighted by atomic mass is 10.2. The monoisotopic (exact) mass is 550 g/mol. The van der Waals surface area contributed by atoms with Crippen LogP contribution in [0.25, 0.3) is 0 Å². The van der Waals surface area contributed by atoms with Crippen molar-refractivity contribution in [3.63, 3.8) is 0 Å². The molecule has 0 aliphatic heterocycles. The van der Waals surface area contributed by atoms with Gasteiger partial charge in [0.05, 0.1) is 11.5 Å². The second kappa shape index (κ2) is 12.8. The van der Waals surface area contributed by atoms with Crippen LogP contribution in [0.5, 0.6) is 0 Å². The van der Waals surface area contributed by atoms with Gasteiger partial charge >= 0.3 is 0 Å². The van der Waals surface area contributed by atoms with Crippen molar-refractivity contribution in [1.82, 2.24) is 14.9 Å². The number of nitrogens with one attached hydrogen (secondary N) is 2. The molecule has 0 spiro atoms. The molecule has 166 valence electrons. The first-order chi connectivity index (χ1) is 13.9. The van der Waals surface area contributed by atoms with E-state index in [1.807, 2.05) is 24.1 Å². The number of ether oxygens (including phenoxy) is 1. The SMILES string of the molecule is CN=C(NCc1cccc(S(=O)(=O)NCCOC)c1)N(C)Cc1cccc(F)c1.I. The fourth-order valence-corrected chi connectivity index (χ4v) is 3.82. The predicted molar refractivity (Wildman–Crippen MR) is 127 cm³/mol. The van der Waals surface area contributed by atoms with Crippen molar-refractivity contribution < 1.29 is 17.5 Å². The molecule has 0 aliphatic carbocycles. The number of aliphatic imine (C=N–C) groups is 1. The maximum Gasteiger partial charge on any atom is 0.240 e. The summed E-state index contributed by atoms with van der Waals surface area (Å²) in [6, 6.07) is 13.1. The normalized spacial score (nSPS) is 11.7. The molecule has 2 N–H and O–H groups in total. The number of hydrogen-bond donors (Lipinski definition) is 2. The highest BCUT2D eigenvalue weighted by atomic mass is 127. The summed E-state index contributed by atoms with van der Waals surface area (Å²) < 4.78 is 45.4. The number of methoxy groups -OCH3 is 1. The molecule has 0 bridgehead atoms. The molecule has 0 unspecified atom stereocenters. The average Bonchev–Trinajstić information content (AvgIpc) is 2.69. The quantitative estimate of drug-likeness (QED) is 0.217. The largest absolute Gasteiger partial charge is 0.383 e. The van der Waals surface area contributed by atoms with E-state index in [2.05, 4.69) is 15.0 Å². The topological polar surface area (TPSA) is 83.0 Å². The summed E-state index contributed by atoms with van der Waals surface area (Å²) in [5.74, 6) is 0.330. The molecule has 2 aromatic rings. The molecule has 2 aromatic carbocycles. The van der Waals surface area contributed by atoms with Gasteiger partial charge in [0, 0.05) is 40.8 Å². The number of benzene rings is 2. The van der Waals surface area contributed by atoms with E-state index in [9.17, 15) is 12.8 Å². The Morgan fingerprint density at radius 3 is 2.53 bits per heavy atom. The number of nitrogens with zero attached hydrogens (tertiary/aromatic N) is 2. The zero-order valence-corrected chi connectivity index (χ0v) is 20.4. The van der Waals surface area contributed by atoms with E-state index in [1.165, 1.54) is 19.2 Å². The Morgan fingerprint density at radius 2 is 1.87 bits per heavy atom. The molecule has 0 fully saturated rings. The van der Waals surface area contributed by atoms with Crippen molar-refractivity contribution in [2.75, 3.05) is 34.4 Å². The fourth-order valence-electron chi connectivity index (χ4n) is 2.73. The summed E-state index contributed by atoms with van der Waals surface area (Å²) in [7, 11) is 1.42. The van der Waals surface area contributed by atoms with Gasteiger partial charge in [0.2, 0.25) is 10.0 Å². The zero-order chi connectivity index (χ0) is 21.3. The van der Waals surface area contributed by atoms with Crippen molar-refractivity contribution in [3.8, 4) is 0 Å². The van der Waals surface area contributed by atoms with Crippen LogP contribution in [0.2, 0.25) is 0 Å². The van der Waals surface area contributed by atoms with Gasteiger partial charge in [-0.3, -0.25) is 4.99 Å². The lowest BCUT2D eigenvalue weighted by Crippen LogP contribution is -2.38. The summed E-state index contributed by atoms with van der Waals surface area (Å²) in [6.07, 6.45) is 0. The van der Waals surface area contributed by atoms with Crippen molar-refractivity contribution in [3.05, 3.63) is 65.5 Å². The molecule has 10 heteroatoms. The second-order valence-electron chi connectivity index (χ2n) is 6.42. The molecule has 0 heterocycles. The lowest BCUT2D eigenvalue weighted by Gasteiger charge is -2.22. The molecule has 0 atom stereocenters. The van der Waals surface area contributed by atoms with Crippen LogP contribution in [0.1, 0.15) is 11.1 Å². The Balaban J connectivity index is 0.00000450. The second-order valence-corrected chi connectivity index (χ2v) is 8.19. The highest BCUT2D eigenvalue weighted by Crippen LogP contribution is 2.12. The molecule has 30 heavy (non-hydrogen) atoms. The number of rotatable bonds is 9. The van der Waals surface area contributed by atoms with Gasteiger partial charge in [-0.15, -0.1) is 24.0 Å². The van der Waals surface area contributed by atoms with Crippen LogP contribution in [0.4, 0.5) is 4.39 Å². The summed E-state index contributed by atoms with van der Waals surface area (Å²) in [5, 5.41) is 3.20. The molecule has 7 nitrogen and oxygen atoms in total. The molecule has 2 rings (SSSR count). The Bertz CT molecular complexity index is 941. The van der Waals surface area contributed by atoms with Crippen molar-refractivity contribution >= 4 is 40.0 Å². The summed E-state index contributed by atoms with van der Waals surface area (Å²) >= 11 is 0. The van der Waals surface area contributed by atoms with Crippen LogP contribution in [0, 0.1) is 5.82 Å². The third kappa shape index (κ3) is 8.17. The molecule has 0 radical (unpaired) electrons.